The van der Waals surface area contributed by atoms with Crippen molar-refractivity contribution in [1.82, 2.24) is 25.2 Å². The first-order chi connectivity index (χ1) is 17.7. The fourth-order valence-electron chi connectivity index (χ4n) is 4.63. The van der Waals surface area contributed by atoms with E-state index in [1.807, 2.05) is 0 Å². The number of alkyl halides is 3. The zero-order valence-electron chi connectivity index (χ0n) is 21.0. The van der Waals surface area contributed by atoms with E-state index < -0.39 is 6.36 Å². The summed E-state index contributed by atoms with van der Waals surface area (Å²) in [5, 5.41) is 9.14. The topological polar surface area (TPSA) is 108 Å². The summed E-state index contributed by atoms with van der Waals surface area (Å²) >= 11 is 0. The van der Waals surface area contributed by atoms with Crippen molar-refractivity contribution in [3.05, 3.63) is 29.8 Å². The van der Waals surface area contributed by atoms with Crippen LogP contribution in [0.3, 0.4) is 0 Å². The van der Waals surface area contributed by atoms with Crippen LogP contribution in [0.1, 0.15) is 31.2 Å². The first-order valence-corrected chi connectivity index (χ1v) is 12.5. The number of hydrogen-bond acceptors (Lipinski definition) is 9. The van der Waals surface area contributed by atoms with Gasteiger partial charge in [-0.2, -0.15) is 15.0 Å². The minimum atomic E-state index is -4.80. The third-order valence-corrected chi connectivity index (χ3v) is 6.66. The fourth-order valence-corrected chi connectivity index (χ4v) is 4.63. The van der Waals surface area contributed by atoms with E-state index in [4.69, 9.17) is 0 Å². The van der Waals surface area contributed by atoms with Crippen LogP contribution in [-0.4, -0.2) is 78.4 Å². The Morgan fingerprint density at radius 2 is 1.81 bits per heavy atom. The average molecular weight is 523 g/mol. The molecule has 3 N–H and O–H groups in total. The van der Waals surface area contributed by atoms with Crippen LogP contribution in [0.25, 0.3) is 0 Å². The van der Waals surface area contributed by atoms with Gasteiger partial charge < -0.3 is 30.5 Å². The highest BCUT2D eigenvalue weighted by atomic mass is 19.4. The minimum Gasteiger partial charge on any atom is -0.405 e. The molecular formula is C24H33F3N8O2. The Morgan fingerprint density at radius 1 is 1.08 bits per heavy atom. The Morgan fingerprint density at radius 3 is 2.54 bits per heavy atom. The molecule has 0 bridgehead atoms. The van der Waals surface area contributed by atoms with Crippen LogP contribution in [0.15, 0.2) is 24.3 Å². The summed E-state index contributed by atoms with van der Waals surface area (Å²) in [6.45, 7) is 3.45. The second-order valence-electron chi connectivity index (χ2n) is 9.40. The fraction of sp³-hybridized carbons (Fsp3) is 0.583. The van der Waals surface area contributed by atoms with Crippen LogP contribution < -0.4 is 25.6 Å². The van der Waals surface area contributed by atoms with Gasteiger partial charge in [-0.3, -0.25) is 4.79 Å². The number of anilines is 3. The predicted octanol–water partition coefficient (Wildman–Crippen LogP) is 2.85. The van der Waals surface area contributed by atoms with Gasteiger partial charge in [0.15, 0.2) is 0 Å². The second-order valence-corrected chi connectivity index (χ2v) is 9.40. The molecule has 1 aliphatic carbocycles. The molecule has 0 spiro atoms. The Labute approximate surface area is 214 Å². The molecule has 202 valence electrons. The second kappa shape index (κ2) is 11.8. The number of ether oxygens (including phenoxy) is 1. The molecule has 2 unspecified atom stereocenters. The van der Waals surface area contributed by atoms with Crippen molar-refractivity contribution >= 4 is 23.8 Å². The summed E-state index contributed by atoms with van der Waals surface area (Å²) in [5.41, 5.74) is 0.264. The van der Waals surface area contributed by atoms with E-state index in [1.165, 1.54) is 18.2 Å². The molecule has 10 nitrogen and oxygen atoms in total. The predicted molar refractivity (Wildman–Crippen MR) is 133 cm³/mol. The minimum absolute atomic E-state index is 0.0159. The van der Waals surface area contributed by atoms with Crippen molar-refractivity contribution in [3.63, 3.8) is 0 Å². The molecule has 4 rings (SSSR count). The number of aromatic nitrogens is 3. The number of para-hydroxylation sites is 1. The molecule has 1 saturated carbocycles. The maximum Gasteiger partial charge on any atom is 0.573 e. The number of nitrogens with zero attached hydrogens (tertiary/aromatic N) is 5. The van der Waals surface area contributed by atoms with E-state index in [0.29, 0.717) is 30.7 Å². The Hall–Kier alpha value is -3.35. The van der Waals surface area contributed by atoms with Crippen LogP contribution in [0.2, 0.25) is 0 Å². The third-order valence-electron chi connectivity index (χ3n) is 6.66. The van der Waals surface area contributed by atoms with Gasteiger partial charge in [0.1, 0.15) is 5.75 Å². The van der Waals surface area contributed by atoms with Crippen molar-refractivity contribution in [3.8, 4) is 5.75 Å². The quantitative estimate of drug-likeness (QED) is 0.482. The number of likely N-dealkylation sites (N-methyl/N-ethyl adjacent to an activating group) is 1. The molecule has 2 aliphatic rings. The number of piperazine rings is 1. The lowest BCUT2D eigenvalue weighted by Crippen LogP contribution is -2.45. The third kappa shape index (κ3) is 7.57. The van der Waals surface area contributed by atoms with Crippen molar-refractivity contribution < 1.29 is 22.7 Å². The van der Waals surface area contributed by atoms with Crippen molar-refractivity contribution in [2.24, 2.45) is 5.92 Å². The van der Waals surface area contributed by atoms with Crippen LogP contribution in [0.4, 0.5) is 31.0 Å². The molecule has 2 heterocycles. The van der Waals surface area contributed by atoms with Crippen LogP contribution >= 0.6 is 0 Å². The van der Waals surface area contributed by atoms with Gasteiger partial charge in [0.25, 0.3) is 0 Å². The van der Waals surface area contributed by atoms with E-state index in [9.17, 15) is 18.0 Å². The molecule has 2 aromatic rings. The lowest BCUT2D eigenvalue weighted by atomic mass is 9.85. The molecule has 37 heavy (non-hydrogen) atoms. The number of hydrogen-bond donors (Lipinski definition) is 3. The summed E-state index contributed by atoms with van der Waals surface area (Å²) < 4.78 is 42.1. The van der Waals surface area contributed by atoms with Crippen molar-refractivity contribution in [2.45, 2.75) is 44.6 Å². The molecule has 1 amide bonds. The highest BCUT2D eigenvalue weighted by Gasteiger charge is 2.32. The van der Waals surface area contributed by atoms with E-state index in [-0.39, 0.29) is 35.7 Å². The summed E-state index contributed by atoms with van der Waals surface area (Å²) in [7, 11) is 3.84. The van der Waals surface area contributed by atoms with Gasteiger partial charge >= 0.3 is 6.36 Å². The molecule has 1 aromatic heterocycles. The van der Waals surface area contributed by atoms with Gasteiger partial charge in [0, 0.05) is 57.3 Å². The van der Waals surface area contributed by atoms with Gasteiger partial charge in [0.2, 0.25) is 23.8 Å². The SMILES string of the molecule is CNc1nc(NC2CCCC(C(=O)NCc3ccccc3OC(F)(F)F)C2)nc(N2CCN(C)CC2)n1. The first-order valence-electron chi connectivity index (χ1n) is 12.5. The Bertz CT molecular complexity index is 1060. The van der Waals surface area contributed by atoms with Crippen LogP contribution in [-0.2, 0) is 11.3 Å². The van der Waals surface area contributed by atoms with E-state index in [0.717, 1.165) is 39.0 Å². The summed E-state index contributed by atoms with van der Waals surface area (Å²) in [6, 6.07) is 5.79. The number of rotatable bonds is 8. The number of carbonyl (C=O) groups excluding carboxylic acids is 1. The number of carbonyl (C=O) groups is 1. The highest BCUT2D eigenvalue weighted by molar-refractivity contribution is 5.79. The monoisotopic (exact) mass is 522 g/mol. The van der Waals surface area contributed by atoms with Crippen molar-refractivity contribution in [2.75, 3.05) is 55.8 Å². The molecule has 1 aliphatic heterocycles. The smallest absolute Gasteiger partial charge is 0.405 e. The first kappa shape index (κ1) is 26.7. The largest absolute Gasteiger partial charge is 0.573 e. The van der Waals surface area contributed by atoms with Crippen LogP contribution in [0.5, 0.6) is 5.75 Å². The Kier molecular flexibility index (Phi) is 8.52. The van der Waals surface area contributed by atoms with E-state index in [1.54, 1.807) is 13.1 Å². The van der Waals surface area contributed by atoms with Gasteiger partial charge in [-0.1, -0.05) is 24.6 Å². The van der Waals surface area contributed by atoms with Crippen LogP contribution in [0, 0.1) is 5.92 Å². The zero-order chi connectivity index (χ0) is 26.4. The summed E-state index contributed by atoms with van der Waals surface area (Å²) in [6.07, 6.45) is -1.84. The number of halogens is 3. The molecule has 13 heteroatoms. The number of amides is 1. The highest BCUT2D eigenvalue weighted by Crippen LogP contribution is 2.29. The van der Waals surface area contributed by atoms with Gasteiger partial charge in [-0.15, -0.1) is 13.2 Å². The molecule has 2 atom stereocenters. The number of benzene rings is 1. The lowest BCUT2D eigenvalue weighted by molar-refractivity contribution is -0.274. The lowest BCUT2D eigenvalue weighted by Gasteiger charge is -2.33. The maximum atomic E-state index is 12.9. The summed E-state index contributed by atoms with van der Waals surface area (Å²) in [4.78, 5) is 30.9. The summed E-state index contributed by atoms with van der Waals surface area (Å²) in [5.74, 6) is 0.751. The molecule has 1 aromatic carbocycles. The normalized spacial score (nSPS) is 20.8. The van der Waals surface area contributed by atoms with Crippen molar-refractivity contribution in [1.29, 1.82) is 0 Å². The maximum absolute atomic E-state index is 12.9. The molecule has 1 saturated heterocycles. The van der Waals surface area contributed by atoms with Gasteiger partial charge in [-0.25, -0.2) is 0 Å². The van der Waals surface area contributed by atoms with E-state index >= 15 is 0 Å². The Balaban J connectivity index is 1.36. The standard InChI is InChI=1S/C24H33F3N8O2/c1-28-21-31-22(33-23(32-21)35-12-10-34(2)11-13-35)30-18-8-5-7-16(14-18)20(36)29-15-17-6-3-4-9-19(17)37-24(25,26)27/h3-4,6,9,16,18H,5,7-8,10-15H2,1-2H3,(H,29,36)(H2,28,30,31,32,33). The van der Waals surface area contributed by atoms with Gasteiger partial charge in [0.05, 0.1) is 0 Å². The zero-order valence-corrected chi connectivity index (χ0v) is 21.0. The number of nitrogens with one attached hydrogen (secondary N) is 3. The van der Waals surface area contributed by atoms with Gasteiger partial charge in [-0.05, 0) is 32.4 Å². The molecular weight excluding hydrogens is 489 g/mol. The molecule has 0 radical (unpaired) electrons. The van der Waals surface area contributed by atoms with E-state index in [2.05, 4.69) is 52.5 Å². The average Bonchev–Trinajstić information content (AvgIpc) is 2.87. The molecule has 2 fully saturated rings.